The van der Waals surface area contributed by atoms with E-state index in [4.69, 9.17) is 11.6 Å². The Labute approximate surface area is 144 Å². The lowest BCUT2D eigenvalue weighted by molar-refractivity contribution is 0.102. The van der Waals surface area contributed by atoms with E-state index >= 15 is 0 Å². The summed E-state index contributed by atoms with van der Waals surface area (Å²) in [6.45, 7) is 0. The molecule has 23 heavy (non-hydrogen) atoms. The number of amides is 1. The molecule has 0 heterocycles. The molecule has 0 aliphatic rings. The number of thioether (sulfide) groups is 1. The van der Waals surface area contributed by atoms with Crippen LogP contribution in [0.1, 0.15) is 10.4 Å². The highest BCUT2D eigenvalue weighted by molar-refractivity contribution is 7.98. The number of hydrogen-bond donors (Lipinski definition) is 2. The van der Waals surface area contributed by atoms with Crippen LogP contribution < -0.4 is 10.0 Å². The number of nitrogens with one attached hydrogen (secondary N) is 2. The van der Waals surface area contributed by atoms with E-state index in [0.717, 1.165) is 11.2 Å². The SMILES string of the molecule is CSc1ccccc1NC(=O)c1ccc(NS(C)(=O)=O)cc1Cl. The van der Waals surface area contributed by atoms with Crippen LogP contribution >= 0.6 is 23.4 Å². The van der Waals surface area contributed by atoms with Gasteiger partial charge in [-0.25, -0.2) is 8.42 Å². The van der Waals surface area contributed by atoms with Crippen molar-refractivity contribution < 1.29 is 13.2 Å². The van der Waals surface area contributed by atoms with E-state index in [1.807, 2.05) is 24.5 Å². The number of halogens is 1. The molecule has 0 fully saturated rings. The van der Waals surface area contributed by atoms with Gasteiger partial charge in [0.05, 0.1) is 22.5 Å². The Balaban J connectivity index is 2.23. The van der Waals surface area contributed by atoms with Gasteiger partial charge < -0.3 is 5.32 Å². The van der Waals surface area contributed by atoms with Crippen LogP contribution in [-0.2, 0) is 10.0 Å². The lowest BCUT2D eigenvalue weighted by Gasteiger charge is -2.11. The van der Waals surface area contributed by atoms with Crippen LogP contribution in [0.3, 0.4) is 0 Å². The minimum atomic E-state index is -3.40. The predicted octanol–water partition coefficient (Wildman–Crippen LogP) is 3.69. The molecule has 2 rings (SSSR count). The normalized spacial score (nSPS) is 11.1. The summed E-state index contributed by atoms with van der Waals surface area (Å²) in [4.78, 5) is 13.3. The van der Waals surface area contributed by atoms with Gasteiger partial charge >= 0.3 is 0 Å². The zero-order valence-corrected chi connectivity index (χ0v) is 14.8. The first-order valence-electron chi connectivity index (χ1n) is 6.52. The van der Waals surface area contributed by atoms with Gasteiger partial charge in [-0.3, -0.25) is 9.52 Å². The van der Waals surface area contributed by atoms with E-state index in [2.05, 4.69) is 10.0 Å². The largest absolute Gasteiger partial charge is 0.321 e. The molecule has 8 heteroatoms. The fourth-order valence-corrected chi connectivity index (χ4v) is 3.29. The first-order valence-corrected chi connectivity index (χ1v) is 10.0. The molecule has 0 aliphatic heterocycles. The molecular formula is C15H15ClN2O3S2. The zero-order valence-electron chi connectivity index (χ0n) is 12.5. The van der Waals surface area contributed by atoms with Gasteiger partial charge in [0.25, 0.3) is 5.91 Å². The van der Waals surface area contributed by atoms with Crippen LogP contribution in [0.15, 0.2) is 47.4 Å². The van der Waals surface area contributed by atoms with Gasteiger partial charge in [-0.1, -0.05) is 23.7 Å². The first kappa shape index (κ1) is 17.7. The third kappa shape index (κ3) is 4.89. The fourth-order valence-electron chi connectivity index (χ4n) is 1.91. The van der Waals surface area contributed by atoms with E-state index in [1.54, 1.807) is 6.07 Å². The molecule has 0 unspecified atom stereocenters. The summed E-state index contributed by atoms with van der Waals surface area (Å²) in [5.41, 5.74) is 1.26. The third-order valence-electron chi connectivity index (χ3n) is 2.87. The van der Waals surface area contributed by atoms with Crippen LogP contribution in [0.2, 0.25) is 5.02 Å². The van der Waals surface area contributed by atoms with Crippen LogP contribution in [-0.4, -0.2) is 26.8 Å². The molecule has 0 aliphatic carbocycles. The minimum Gasteiger partial charge on any atom is -0.321 e. The Morgan fingerprint density at radius 2 is 1.87 bits per heavy atom. The molecule has 1 amide bonds. The van der Waals surface area contributed by atoms with Crippen molar-refractivity contribution in [2.24, 2.45) is 0 Å². The second kappa shape index (κ2) is 7.25. The summed E-state index contributed by atoms with van der Waals surface area (Å²) < 4.78 is 24.7. The third-order valence-corrected chi connectivity index (χ3v) is 4.59. The number of benzene rings is 2. The Morgan fingerprint density at radius 3 is 2.48 bits per heavy atom. The van der Waals surface area contributed by atoms with Crippen molar-refractivity contribution in [1.82, 2.24) is 0 Å². The van der Waals surface area contributed by atoms with Gasteiger partial charge in [-0.2, -0.15) is 0 Å². The molecule has 0 saturated carbocycles. The van der Waals surface area contributed by atoms with E-state index in [9.17, 15) is 13.2 Å². The number of anilines is 2. The smallest absolute Gasteiger partial charge is 0.257 e. The Kier molecular flexibility index (Phi) is 5.56. The maximum Gasteiger partial charge on any atom is 0.257 e. The zero-order chi connectivity index (χ0) is 17.0. The quantitative estimate of drug-likeness (QED) is 0.787. The number of hydrogen-bond acceptors (Lipinski definition) is 4. The van der Waals surface area contributed by atoms with Crippen LogP contribution in [0.5, 0.6) is 0 Å². The van der Waals surface area contributed by atoms with Crippen molar-refractivity contribution in [3.05, 3.63) is 53.1 Å². The van der Waals surface area contributed by atoms with E-state index in [-0.39, 0.29) is 16.5 Å². The molecule has 2 aromatic carbocycles. The monoisotopic (exact) mass is 370 g/mol. The van der Waals surface area contributed by atoms with Crippen molar-refractivity contribution in [3.63, 3.8) is 0 Å². The average Bonchev–Trinajstić information content (AvgIpc) is 2.46. The Morgan fingerprint density at radius 1 is 1.17 bits per heavy atom. The van der Waals surface area contributed by atoms with Gasteiger partial charge in [-0.05, 0) is 36.6 Å². The van der Waals surface area contributed by atoms with Crippen molar-refractivity contribution in [2.75, 3.05) is 22.6 Å². The Bertz CT molecular complexity index is 838. The molecule has 0 aromatic heterocycles. The van der Waals surface area contributed by atoms with Crippen molar-refractivity contribution in [3.8, 4) is 0 Å². The number of carbonyl (C=O) groups excluding carboxylic acids is 1. The molecule has 5 nitrogen and oxygen atoms in total. The summed E-state index contributed by atoms with van der Waals surface area (Å²) >= 11 is 7.61. The molecule has 122 valence electrons. The summed E-state index contributed by atoms with van der Waals surface area (Å²) in [7, 11) is -3.40. The van der Waals surface area contributed by atoms with Gasteiger partial charge in [-0.15, -0.1) is 11.8 Å². The molecule has 0 atom stereocenters. The fraction of sp³-hybridized carbons (Fsp3) is 0.133. The van der Waals surface area contributed by atoms with E-state index in [0.29, 0.717) is 11.4 Å². The predicted molar refractivity (Wildman–Crippen MR) is 96.1 cm³/mol. The van der Waals surface area contributed by atoms with Crippen LogP contribution in [0.25, 0.3) is 0 Å². The van der Waals surface area contributed by atoms with Crippen LogP contribution in [0, 0.1) is 0 Å². The standard InChI is InChI=1S/C15H15ClN2O3S2/c1-22-14-6-4-3-5-13(14)17-15(19)11-8-7-10(9-12(11)16)18-23(2,20)21/h3-9,18H,1-2H3,(H,17,19). The average molecular weight is 371 g/mol. The minimum absolute atomic E-state index is 0.165. The second-order valence-electron chi connectivity index (χ2n) is 4.72. The van der Waals surface area contributed by atoms with Gasteiger partial charge in [0.15, 0.2) is 0 Å². The van der Waals surface area contributed by atoms with Crippen molar-refractivity contribution in [2.45, 2.75) is 4.90 Å². The van der Waals surface area contributed by atoms with Crippen molar-refractivity contribution in [1.29, 1.82) is 0 Å². The summed E-state index contributed by atoms with van der Waals surface area (Å²) in [5.74, 6) is -0.359. The van der Waals surface area contributed by atoms with E-state index < -0.39 is 10.0 Å². The lowest BCUT2D eigenvalue weighted by atomic mass is 10.2. The highest BCUT2D eigenvalue weighted by Gasteiger charge is 2.13. The van der Waals surface area contributed by atoms with Gasteiger partial charge in [0.2, 0.25) is 10.0 Å². The van der Waals surface area contributed by atoms with E-state index in [1.165, 1.54) is 30.0 Å². The molecule has 0 bridgehead atoms. The first-order chi connectivity index (χ1) is 10.8. The molecule has 2 aromatic rings. The number of rotatable bonds is 5. The van der Waals surface area contributed by atoms with Gasteiger partial charge in [0.1, 0.15) is 0 Å². The van der Waals surface area contributed by atoms with Crippen molar-refractivity contribution >= 4 is 50.7 Å². The molecule has 2 N–H and O–H groups in total. The van der Waals surface area contributed by atoms with Crippen LogP contribution in [0.4, 0.5) is 11.4 Å². The second-order valence-corrected chi connectivity index (χ2v) is 7.73. The maximum atomic E-state index is 12.4. The molecule has 0 saturated heterocycles. The summed E-state index contributed by atoms with van der Waals surface area (Å²) in [6.07, 6.45) is 2.96. The number of sulfonamides is 1. The number of para-hydroxylation sites is 1. The highest BCUT2D eigenvalue weighted by atomic mass is 35.5. The lowest BCUT2D eigenvalue weighted by Crippen LogP contribution is -2.14. The topological polar surface area (TPSA) is 75.3 Å². The summed E-state index contributed by atoms with van der Waals surface area (Å²) in [6, 6.07) is 11.8. The Hall–Kier alpha value is -1.70. The molecule has 0 spiro atoms. The highest BCUT2D eigenvalue weighted by Crippen LogP contribution is 2.27. The summed E-state index contributed by atoms with van der Waals surface area (Å²) in [5, 5.41) is 2.97. The maximum absolute atomic E-state index is 12.4. The number of carbonyl (C=O) groups is 1. The molecule has 0 radical (unpaired) electrons. The van der Waals surface area contributed by atoms with Gasteiger partial charge in [0, 0.05) is 10.6 Å². The molecular weight excluding hydrogens is 356 g/mol.